The van der Waals surface area contributed by atoms with Crippen LogP contribution in [0.3, 0.4) is 0 Å². The van der Waals surface area contributed by atoms with Crippen LogP contribution < -0.4 is 4.90 Å². The Kier molecular flexibility index (Phi) is 6.16. The Morgan fingerprint density at radius 2 is 1.97 bits per heavy atom. The van der Waals surface area contributed by atoms with E-state index < -0.39 is 21.4 Å². The summed E-state index contributed by atoms with van der Waals surface area (Å²) in [6.45, 7) is 7.19. The molecule has 0 amide bonds. The zero-order chi connectivity index (χ0) is 25.5. The van der Waals surface area contributed by atoms with Gasteiger partial charge in [-0.25, -0.2) is 18.4 Å². The second-order valence-electron chi connectivity index (χ2n) is 10.3. The number of hydrogen-bond acceptors (Lipinski definition) is 6. The Balaban J connectivity index is 1.38. The van der Waals surface area contributed by atoms with E-state index >= 15 is 0 Å². The maximum absolute atomic E-state index is 13.3. The largest absolute Gasteiger partial charge is 0.361 e. The van der Waals surface area contributed by atoms with Crippen LogP contribution >= 0.6 is 0 Å². The van der Waals surface area contributed by atoms with Gasteiger partial charge in [-0.1, -0.05) is 19.1 Å². The highest BCUT2D eigenvalue weighted by Crippen LogP contribution is 2.37. The van der Waals surface area contributed by atoms with E-state index in [-0.39, 0.29) is 10.6 Å². The number of hydrogen-bond donors (Lipinski definition) is 1. The van der Waals surface area contributed by atoms with Gasteiger partial charge in [0.15, 0.2) is 10.8 Å². The van der Waals surface area contributed by atoms with Gasteiger partial charge in [-0.15, -0.1) is 0 Å². The average molecular weight is 503 g/mol. The smallest absolute Gasteiger partial charge is 0.203 e. The number of sulfone groups is 1. The predicted octanol–water partition coefficient (Wildman–Crippen LogP) is 4.83. The van der Waals surface area contributed by atoms with E-state index in [1.54, 1.807) is 30.5 Å². The minimum Gasteiger partial charge on any atom is -0.361 e. The highest BCUT2D eigenvalue weighted by molar-refractivity contribution is 7.92. The lowest BCUT2D eigenvalue weighted by atomic mass is 9.97. The van der Waals surface area contributed by atoms with Crippen molar-refractivity contribution in [3.8, 4) is 0 Å². The monoisotopic (exact) mass is 502 g/mol. The van der Waals surface area contributed by atoms with Crippen LogP contribution in [0.15, 0.2) is 72.0 Å². The number of benzene rings is 1. The summed E-state index contributed by atoms with van der Waals surface area (Å²) in [6, 6.07) is 16.3. The van der Waals surface area contributed by atoms with Gasteiger partial charge in [0.1, 0.15) is 11.6 Å². The van der Waals surface area contributed by atoms with Gasteiger partial charge in [0, 0.05) is 42.1 Å². The van der Waals surface area contributed by atoms with Crippen LogP contribution in [-0.2, 0) is 16.3 Å². The number of carbonyl (C=O) groups is 1. The number of fused-ring (bicyclic) bond motifs is 1. The number of aromatic nitrogens is 3. The minimum absolute atomic E-state index is 0.0864. The van der Waals surface area contributed by atoms with E-state index in [1.807, 2.05) is 24.4 Å². The van der Waals surface area contributed by atoms with Gasteiger partial charge in [0.25, 0.3) is 0 Å². The Morgan fingerprint density at radius 1 is 1.14 bits per heavy atom. The number of carbonyl (C=O) groups excluding carboxylic acids is 1. The Labute approximate surface area is 211 Å². The van der Waals surface area contributed by atoms with Gasteiger partial charge in [0.2, 0.25) is 9.84 Å². The van der Waals surface area contributed by atoms with Crippen LogP contribution in [0.25, 0.3) is 10.9 Å². The summed E-state index contributed by atoms with van der Waals surface area (Å²) in [6.07, 6.45) is 5.00. The third-order valence-electron chi connectivity index (χ3n) is 6.84. The molecule has 36 heavy (non-hydrogen) atoms. The molecule has 1 aliphatic rings. The molecule has 8 heteroatoms. The number of Topliss-reactive ketones (excluding diaryl/α,β-unsaturated/α-hetero) is 1. The lowest BCUT2D eigenvalue weighted by Crippen LogP contribution is -2.39. The number of pyridine rings is 2. The SMILES string of the molecule is CC1CN(c2ncccc2C(=O)CS(=O)(=O)c2cccc(Cc3ccc4[nH]ccc4c3)n2)C(C)(C)C1. The molecule has 4 heterocycles. The zero-order valence-electron chi connectivity index (χ0n) is 20.7. The second-order valence-corrected chi connectivity index (χ2v) is 12.3. The summed E-state index contributed by atoms with van der Waals surface area (Å²) in [4.78, 5) is 27.5. The van der Waals surface area contributed by atoms with Crippen LogP contribution in [0.5, 0.6) is 0 Å². The van der Waals surface area contributed by atoms with Gasteiger partial charge in [0.05, 0.1) is 5.56 Å². The van der Waals surface area contributed by atoms with Gasteiger partial charge < -0.3 is 9.88 Å². The first-order valence-corrected chi connectivity index (χ1v) is 13.8. The van der Waals surface area contributed by atoms with Crippen molar-refractivity contribution >= 4 is 32.3 Å². The van der Waals surface area contributed by atoms with Crippen molar-refractivity contribution in [2.75, 3.05) is 17.2 Å². The van der Waals surface area contributed by atoms with E-state index in [9.17, 15) is 13.2 Å². The van der Waals surface area contributed by atoms with Crippen LogP contribution in [0, 0.1) is 5.92 Å². The zero-order valence-corrected chi connectivity index (χ0v) is 21.5. The molecule has 0 bridgehead atoms. The third kappa shape index (κ3) is 4.78. The first-order valence-electron chi connectivity index (χ1n) is 12.1. The van der Waals surface area contributed by atoms with Crippen LogP contribution in [0.4, 0.5) is 5.82 Å². The quantitative estimate of drug-likeness (QED) is 0.364. The molecule has 0 spiro atoms. The van der Waals surface area contributed by atoms with Crippen LogP contribution in [-0.4, -0.2) is 47.0 Å². The number of nitrogens with zero attached hydrogens (tertiary/aromatic N) is 3. The highest BCUT2D eigenvalue weighted by Gasteiger charge is 2.39. The van der Waals surface area contributed by atoms with Crippen molar-refractivity contribution in [3.63, 3.8) is 0 Å². The van der Waals surface area contributed by atoms with E-state index in [1.165, 1.54) is 6.07 Å². The molecule has 4 aromatic rings. The molecule has 3 aromatic heterocycles. The molecule has 1 fully saturated rings. The topological polar surface area (TPSA) is 96.0 Å². The predicted molar refractivity (Wildman–Crippen MR) is 141 cm³/mol. The molecule has 0 aliphatic carbocycles. The summed E-state index contributed by atoms with van der Waals surface area (Å²) >= 11 is 0. The lowest BCUT2D eigenvalue weighted by Gasteiger charge is -2.33. The molecule has 0 saturated carbocycles. The van der Waals surface area contributed by atoms with Gasteiger partial charge in [-0.2, -0.15) is 0 Å². The molecule has 1 N–H and O–H groups in total. The number of rotatable bonds is 7. The van der Waals surface area contributed by atoms with Crippen molar-refractivity contribution < 1.29 is 13.2 Å². The van der Waals surface area contributed by atoms with Gasteiger partial charge >= 0.3 is 0 Å². The fourth-order valence-corrected chi connectivity index (χ4v) is 6.46. The molecule has 0 radical (unpaired) electrons. The minimum atomic E-state index is -3.94. The van der Waals surface area contributed by atoms with Crippen LogP contribution in [0.2, 0.25) is 0 Å². The number of H-pyrrole nitrogens is 1. The third-order valence-corrected chi connectivity index (χ3v) is 8.35. The van der Waals surface area contributed by atoms with Crippen molar-refractivity contribution in [2.45, 2.75) is 44.2 Å². The fraction of sp³-hybridized carbons (Fsp3) is 0.321. The molecule has 1 aliphatic heterocycles. The Hall–Kier alpha value is -3.52. The van der Waals surface area contributed by atoms with Crippen molar-refractivity contribution in [1.82, 2.24) is 15.0 Å². The molecule has 1 aromatic carbocycles. The molecule has 1 atom stereocenters. The summed E-state index contributed by atoms with van der Waals surface area (Å²) < 4.78 is 26.5. The second kappa shape index (κ2) is 9.17. The highest BCUT2D eigenvalue weighted by atomic mass is 32.2. The summed E-state index contributed by atoms with van der Waals surface area (Å²) in [7, 11) is -3.94. The molecule has 5 rings (SSSR count). The van der Waals surface area contributed by atoms with Gasteiger partial charge in [-0.3, -0.25) is 4.79 Å². The molecular weight excluding hydrogens is 472 g/mol. The van der Waals surface area contributed by atoms with E-state index in [0.717, 1.165) is 29.4 Å². The maximum atomic E-state index is 13.3. The molecule has 1 saturated heterocycles. The molecule has 186 valence electrons. The number of anilines is 1. The summed E-state index contributed by atoms with van der Waals surface area (Å²) in [5.41, 5.74) is 2.87. The standard InChI is InChI=1S/C28H30N4O3S/c1-19-16-28(2,3)32(17-19)27-23(7-5-12-30-27)25(33)18-36(34,35)26-8-4-6-22(31-26)15-20-9-10-24-21(14-20)11-13-29-24/h4-14,19,29H,15-18H2,1-3H3. The van der Waals surface area contributed by atoms with Crippen molar-refractivity contribution in [1.29, 1.82) is 0 Å². The van der Waals surface area contributed by atoms with E-state index in [2.05, 4.69) is 46.7 Å². The Bertz CT molecular complexity index is 1540. The lowest BCUT2D eigenvalue weighted by molar-refractivity contribution is 0.102. The molecular formula is C28H30N4O3S. The molecule has 7 nitrogen and oxygen atoms in total. The number of ketones is 1. The van der Waals surface area contributed by atoms with E-state index in [0.29, 0.717) is 29.4 Å². The number of nitrogens with one attached hydrogen (secondary N) is 1. The fourth-order valence-electron chi connectivity index (χ4n) is 5.26. The maximum Gasteiger partial charge on any atom is 0.203 e. The number of aromatic amines is 1. The molecule has 1 unspecified atom stereocenters. The van der Waals surface area contributed by atoms with E-state index in [4.69, 9.17) is 0 Å². The normalized spacial score (nSPS) is 17.5. The van der Waals surface area contributed by atoms with Gasteiger partial charge in [-0.05, 0) is 79.6 Å². The summed E-state index contributed by atoms with van der Waals surface area (Å²) in [5, 5.41) is 1.00. The average Bonchev–Trinajstić information content (AvgIpc) is 3.41. The summed E-state index contributed by atoms with van der Waals surface area (Å²) in [5.74, 6) is -0.118. The Morgan fingerprint density at radius 3 is 2.75 bits per heavy atom. The van der Waals surface area contributed by atoms with Crippen molar-refractivity contribution in [3.05, 3.63) is 83.8 Å². The first-order chi connectivity index (χ1) is 17.1. The first kappa shape index (κ1) is 24.2. The van der Waals surface area contributed by atoms with Crippen molar-refractivity contribution in [2.24, 2.45) is 5.92 Å². The van der Waals surface area contributed by atoms with Crippen LogP contribution in [0.1, 0.15) is 48.8 Å².